The zero-order chi connectivity index (χ0) is 13.7. The summed E-state index contributed by atoms with van der Waals surface area (Å²) in [6, 6.07) is 5.09. The molecule has 1 aromatic rings. The van der Waals surface area contributed by atoms with Crippen LogP contribution in [0.1, 0.15) is 16.2 Å². The number of aliphatic hydroxyl groups is 1. The molecule has 0 saturated carbocycles. The molecule has 2 rings (SSSR count). The van der Waals surface area contributed by atoms with Crippen molar-refractivity contribution in [2.24, 2.45) is 0 Å². The molecule has 1 fully saturated rings. The summed E-state index contributed by atoms with van der Waals surface area (Å²) >= 11 is 0. The van der Waals surface area contributed by atoms with Crippen molar-refractivity contribution in [3.8, 4) is 0 Å². The lowest BCUT2D eigenvalue weighted by atomic mass is 10.2. The quantitative estimate of drug-likeness (QED) is 0.773. The first-order valence-corrected chi connectivity index (χ1v) is 6.44. The van der Waals surface area contributed by atoms with Gasteiger partial charge >= 0.3 is 5.97 Å². The Balaban J connectivity index is 1.88. The zero-order valence-electron chi connectivity index (χ0n) is 10.8. The molecule has 0 aliphatic carbocycles. The van der Waals surface area contributed by atoms with E-state index in [2.05, 4.69) is 14.8 Å². The Morgan fingerprint density at radius 3 is 2.53 bits per heavy atom. The van der Waals surface area contributed by atoms with Crippen LogP contribution in [-0.4, -0.2) is 70.3 Å². The van der Waals surface area contributed by atoms with Gasteiger partial charge in [0.2, 0.25) is 0 Å². The van der Waals surface area contributed by atoms with Crippen molar-refractivity contribution < 1.29 is 15.0 Å². The van der Waals surface area contributed by atoms with Gasteiger partial charge in [0.05, 0.1) is 12.3 Å². The van der Waals surface area contributed by atoms with Crippen LogP contribution >= 0.6 is 0 Å². The molecule has 2 N–H and O–H groups in total. The summed E-state index contributed by atoms with van der Waals surface area (Å²) in [6.07, 6.45) is 0. The number of hydrogen-bond donors (Lipinski definition) is 2. The first kappa shape index (κ1) is 13.9. The van der Waals surface area contributed by atoms with E-state index in [0.29, 0.717) is 6.54 Å². The summed E-state index contributed by atoms with van der Waals surface area (Å²) < 4.78 is 0. The number of pyridine rings is 1. The molecule has 0 radical (unpaired) electrons. The second kappa shape index (κ2) is 6.60. The molecule has 1 aromatic heterocycles. The number of aromatic nitrogens is 1. The first-order chi connectivity index (χ1) is 9.19. The van der Waals surface area contributed by atoms with Crippen molar-refractivity contribution in [1.82, 2.24) is 14.8 Å². The van der Waals surface area contributed by atoms with Crippen molar-refractivity contribution in [3.05, 3.63) is 29.6 Å². The molecular formula is C13H19N3O3. The lowest BCUT2D eigenvalue weighted by Gasteiger charge is -2.34. The lowest BCUT2D eigenvalue weighted by molar-refractivity contribution is 0.0689. The highest BCUT2D eigenvalue weighted by Gasteiger charge is 2.17. The summed E-state index contributed by atoms with van der Waals surface area (Å²) in [5.41, 5.74) is 0.881. The normalized spacial score (nSPS) is 17.5. The van der Waals surface area contributed by atoms with Gasteiger partial charge in [-0.2, -0.15) is 0 Å². The third-order valence-electron chi connectivity index (χ3n) is 3.29. The summed E-state index contributed by atoms with van der Waals surface area (Å²) in [6.45, 7) is 5.28. The van der Waals surface area contributed by atoms with E-state index in [1.54, 1.807) is 6.07 Å². The number of aliphatic hydroxyl groups excluding tert-OH is 1. The van der Waals surface area contributed by atoms with E-state index in [1.807, 2.05) is 6.07 Å². The molecule has 0 unspecified atom stereocenters. The Morgan fingerprint density at radius 1 is 1.21 bits per heavy atom. The van der Waals surface area contributed by atoms with Crippen LogP contribution in [-0.2, 0) is 6.54 Å². The van der Waals surface area contributed by atoms with E-state index in [0.717, 1.165) is 38.4 Å². The van der Waals surface area contributed by atoms with E-state index in [9.17, 15) is 4.79 Å². The Hall–Kier alpha value is -1.50. The number of aromatic carboxylic acids is 1. The number of hydrogen-bond acceptors (Lipinski definition) is 5. The monoisotopic (exact) mass is 265 g/mol. The minimum Gasteiger partial charge on any atom is -0.477 e. The molecule has 1 saturated heterocycles. The molecule has 104 valence electrons. The molecule has 0 atom stereocenters. The van der Waals surface area contributed by atoms with Gasteiger partial charge in [0.25, 0.3) is 0 Å². The van der Waals surface area contributed by atoms with Gasteiger partial charge in [-0.3, -0.25) is 9.80 Å². The molecular weight excluding hydrogens is 246 g/mol. The predicted molar refractivity (Wildman–Crippen MR) is 70.0 cm³/mol. The topological polar surface area (TPSA) is 76.9 Å². The molecule has 6 nitrogen and oxygen atoms in total. The van der Waals surface area contributed by atoms with Crippen LogP contribution in [0.4, 0.5) is 0 Å². The SMILES string of the molecule is O=C(O)c1cccc(CN2CCN(CCO)CC2)n1. The third kappa shape index (κ3) is 3.99. The minimum absolute atomic E-state index is 0.0939. The van der Waals surface area contributed by atoms with Crippen molar-refractivity contribution in [1.29, 1.82) is 0 Å². The molecule has 0 amide bonds. The number of β-amino-alcohol motifs (C(OH)–C–C–N with tert-alkyl or cyclic N) is 1. The number of nitrogens with zero attached hydrogens (tertiary/aromatic N) is 3. The van der Waals surface area contributed by atoms with Gasteiger partial charge < -0.3 is 10.2 Å². The molecule has 2 heterocycles. The van der Waals surface area contributed by atoms with Crippen LogP contribution in [0.15, 0.2) is 18.2 Å². The predicted octanol–water partition coefficient (Wildman–Crippen LogP) is -0.110. The maximum atomic E-state index is 10.9. The molecule has 1 aliphatic rings. The molecule has 0 aromatic carbocycles. The highest BCUT2D eigenvalue weighted by atomic mass is 16.4. The van der Waals surface area contributed by atoms with Gasteiger partial charge in [-0.1, -0.05) is 6.07 Å². The number of carboxylic acid groups (broad SMARTS) is 1. The summed E-state index contributed by atoms with van der Waals surface area (Å²) in [7, 11) is 0. The van der Waals surface area contributed by atoms with Crippen molar-refractivity contribution in [3.63, 3.8) is 0 Å². The first-order valence-electron chi connectivity index (χ1n) is 6.44. The van der Waals surface area contributed by atoms with Gasteiger partial charge in [0.15, 0.2) is 0 Å². The number of carboxylic acids is 1. The highest BCUT2D eigenvalue weighted by molar-refractivity contribution is 5.85. The van der Waals surface area contributed by atoms with Gasteiger partial charge in [-0.15, -0.1) is 0 Å². The molecule has 1 aliphatic heterocycles. The van der Waals surface area contributed by atoms with Gasteiger partial charge in [-0.25, -0.2) is 9.78 Å². The van der Waals surface area contributed by atoms with E-state index in [4.69, 9.17) is 10.2 Å². The average molecular weight is 265 g/mol. The Bertz CT molecular complexity index is 431. The molecule has 0 spiro atoms. The van der Waals surface area contributed by atoms with E-state index >= 15 is 0 Å². The average Bonchev–Trinajstić information content (AvgIpc) is 2.42. The fourth-order valence-corrected chi connectivity index (χ4v) is 2.23. The van der Waals surface area contributed by atoms with Gasteiger partial charge in [0, 0.05) is 39.3 Å². The lowest BCUT2D eigenvalue weighted by Crippen LogP contribution is -2.46. The van der Waals surface area contributed by atoms with E-state index in [-0.39, 0.29) is 12.3 Å². The Kier molecular flexibility index (Phi) is 4.84. The largest absolute Gasteiger partial charge is 0.477 e. The Morgan fingerprint density at radius 2 is 1.89 bits per heavy atom. The van der Waals surface area contributed by atoms with E-state index in [1.165, 1.54) is 6.07 Å². The summed E-state index contributed by atoms with van der Waals surface area (Å²) in [5, 5.41) is 17.8. The van der Waals surface area contributed by atoms with Gasteiger partial charge in [0.1, 0.15) is 5.69 Å². The maximum Gasteiger partial charge on any atom is 0.354 e. The number of rotatable bonds is 5. The Labute approximate surface area is 112 Å². The number of carbonyl (C=O) groups is 1. The third-order valence-corrected chi connectivity index (χ3v) is 3.29. The van der Waals surface area contributed by atoms with Crippen LogP contribution in [0, 0.1) is 0 Å². The highest BCUT2D eigenvalue weighted by Crippen LogP contribution is 2.07. The van der Waals surface area contributed by atoms with Crippen LogP contribution in [0.2, 0.25) is 0 Å². The number of piperazine rings is 1. The smallest absolute Gasteiger partial charge is 0.354 e. The molecule has 0 bridgehead atoms. The van der Waals surface area contributed by atoms with Crippen LogP contribution in [0.25, 0.3) is 0 Å². The zero-order valence-corrected chi connectivity index (χ0v) is 10.8. The van der Waals surface area contributed by atoms with E-state index < -0.39 is 5.97 Å². The van der Waals surface area contributed by atoms with Gasteiger partial charge in [-0.05, 0) is 12.1 Å². The second-order valence-electron chi connectivity index (χ2n) is 4.66. The van der Waals surface area contributed by atoms with Crippen molar-refractivity contribution in [2.45, 2.75) is 6.54 Å². The van der Waals surface area contributed by atoms with Crippen LogP contribution in [0.3, 0.4) is 0 Å². The fraction of sp³-hybridized carbons (Fsp3) is 0.538. The van der Waals surface area contributed by atoms with Crippen LogP contribution < -0.4 is 0 Å². The van der Waals surface area contributed by atoms with Crippen molar-refractivity contribution >= 4 is 5.97 Å². The fourth-order valence-electron chi connectivity index (χ4n) is 2.23. The second-order valence-corrected chi connectivity index (χ2v) is 4.66. The van der Waals surface area contributed by atoms with Crippen molar-refractivity contribution in [2.75, 3.05) is 39.3 Å². The summed E-state index contributed by atoms with van der Waals surface area (Å²) in [5.74, 6) is -0.991. The standard InChI is InChI=1S/C13H19N3O3/c17-9-8-15-4-6-16(7-5-15)10-11-2-1-3-12(14-11)13(18)19/h1-3,17H,4-10H2,(H,18,19). The van der Waals surface area contributed by atoms with Crippen LogP contribution in [0.5, 0.6) is 0 Å². The maximum absolute atomic E-state index is 10.9. The summed E-state index contributed by atoms with van der Waals surface area (Å²) in [4.78, 5) is 19.5. The molecule has 19 heavy (non-hydrogen) atoms. The minimum atomic E-state index is -0.991. The molecule has 6 heteroatoms.